The molecule has 1 N–H and O–H groups in total. The van der Waals surface area contributed by atoms with Crippen molar-refractivity contribution in [3.63, 3.8) is 0 Å². The van der Waals surface area contributed by atoms with E-state index in [-0.39, 0.29) is 11.9 Å². The Morgan fingerprint density at radius 1 is 1.53 bits per heavy atom. The molecule has 1 atom stereocenters. The second-order valence-electron chi connectivity index (χ2n) is 4.23. The molecule has 0 bridgehead atoms. The topological polar surface area (TPSA) is 46.9 Å². The Bertz CT molecular complexity index is 401. The number of carbonyl (C=O) groups excluding carboxylic acids is 1. The van der Waals surface area contributed by atoms with Crippen LogP contribution in [0.1, 0.15) is 41.5 Å². The zero-order valence-corrected chi connectivity index (χ0v) is 11.6. The van der Waals surface area contributed by atoms with Gasteiger partial charge in [-0.1, -0.05) is 6.92 Å². The van der Waals surface area contributed by atoms with Gasteiger partial charge in [0.25, 0.3) is 5.91 Å². The van der Waals surface area contributed by atoms with Crippen LogP contribution in [0.25, 0.3) is 0 Å². The number of alkyl halides is 1. The van der Waals surface area contributed by atoms with Crippen molar-refractivity contribution in [2.24, 2.45) is 7.05 Å². The Balaban J connectivity index is 2.82. The van der Waals surface area contributed by atoms with Crippen molar-refractivity contribution in [1.82, 2.24) is 15.1 Å². The van der Waals surface area contributed by atoms with Gasteiger partial charge in [0, 0.05) is 24.7 Å². The van der Waals surface area contributed by atoms with Crippen molar-refractivity contribution < 1.29 is 4.79 Å². The molecule has 0 aromatic carbocycles. The lowest BCUT2D eigenvalue weighted by Crippen LogP contribution is -2.35. The fourth-order valence-corrected chi connectivity index (χ4v) is 2.13. The van der Waals surface area contributed by atoms with E-state index in [1.807, 2.05) is 27.8 Å². The van der Waals surface area contributed by atoms with Gasteiger partial charge >= 0.3 is 0 Å². The van der Waals surface area contributed by atoms with Crippen LogP contribution in [0, 0.1) is 13.8 Å². The highest BCUT2D eigenvalue weighted by Gasteiger charge is 2.19. The molecule has 1 aromatic heterocycles. The number of halogens is 1. The van der Waals surface area contributed by atoms with Crippen LogP contribution in [0.15, 0.2) is 0 Å². The van der Waals surface area contributed by atoms with Crippen LogP contribution in [0.2, 0.25) is 0 Å². The molecule has 0 saturated carbocycles. The molecular formula is C12H20ClN3O. The van der Waals surface area contributed by atoms with Gasteiger partial charge in [0.15, 0.2) is 0 Å². The molecule has 0 saturated heterocycles. The van der Waals surface area contributed by atoms with Crippen LogP contribution in [0.5, 0.6) is 0 Å². The predicted octanol–water partition coefficient (Wildman–Crippen LogP) is 2.17. The van der Waals surface area contributed by atoms with E-state index < -0.39 is 0 Å². The summed E-state index contributed by atoms with van der Waals surface area (Å²) in [7, 11) is 1.84. The molecule has 1 heterocycles. The molecule has 1 aromatic rings. The van der Waals surface area contributed by atoms with Crippen molar-refractivity contribution >= 4 is 17.5 Å². The number of aryl methyl sites for hydroxylation is 2. The van der Waals surface area contributed by atoms with Crippen LogP contribution in [-0.4, -0.2) is 27.6 Å². The summed E-state index contributed by atoms with van der Waals surface area (Å²) in [4.78, 5) is 12.1. The van der Waals surface area contributed by atoms with Gasteiger partial charge in [-0.15, -0.1) is 11.6 Å². The first-order valence-corrected chi connectivity index (χ1v) is 6.41. The van der Waals surface area contributed by atoms with Crippen molar-refractivity contribution in [3.8, 4) is 0 Å². The molecule has 0 radical (unpaired) electrons. The molecule has 0 fully saturated rings. The summed E-state index contributed by atoms with van der Waals surface area (Å²) in [5.74, 6) is 0.508. The van der Waals surface area contributed by atoms with E-state index in [0.29, 0.717) is 11.4 Å². The fourth-order valence-electron chi connectivity index (χ4n) is 1.87. The number of aromatic nitrogens is 2. The summed E-state index contributed by atoms with van der Waals surface area (Å²) in [5, 5.41) is 7.24. The molecule has 1 amide bonds. The lowest BCUT2D eigenvalue weighted by Gasteiger charge is -2.15. The minimum absolute atomic E-state index is 0.0509. The number of carbonyl (C=O) groups is 1. The Morgan fingerprint density at radius 3 is 2.59 bits per heavy atom. The minimum Gasteiger partial charge on any atom is -0.349 e. The van der Waals surface area contributed by atoms with E-state index in [4.69, 9.17) is 11.6 Å². The second kappa shape index (κ2) is 6.05. The van der Waals surface area contributed by atoms with Gasteiger partial charge in [0.1, 0.15) is 0 Å². The highest BCUT2D eigenvalue weighted by atomic mass is 35.5. The van der Waals surface area contributed by atoms with Gasteiger partial charge in [0.05, 0.1) is 11.3 Å². The van der Waals surface area contributed by atoms with Crippen LogP contribution in [-0.2, 0) is 7.05 Å². The van der Waals surface area contributed by atoms with Gasteiger partial charge in [-0.05, 0) is 26.7 Å². The fraction of sp³-hybridized carbons (Fsp3) is 0.667. The predicted molar refractivity (Wildman–Crippen MR) is 69.6 cm³/mol. The van der Waals surface area contributed by atoms with Gasteiger partial charge in [-0.3, -0.25) is 9.48 Å². The SMILES string of the molecule is CCC(CCCl)NC(=O)c1c(C)nn(C)c1C. The Kier molecular flexibility index (Phi) is 5.00. The van der Waals surface area contributed by atoms with Crippen LogP contribution in [0.4, 0.5) is 0 Å². The molecule has 17 heavy (non-hydrogen) atoms. The average molecular weight is 258 g/mol. The third kappa shape index (κ3) is 3.22. The van der Waals surface area contributed by atoms with E-state index >= 15 is 0 Å². The first-order chi connectivity index (χ1) is 8.01. The summed E-state index contributed by atoms with van der Waals surface area (Å²) in [6.07, 6.45) is 1.68. The molecule has 1 unspecified atom stereocenters. The average Bonchev–Trinajstić information content (AvgIpc) is 2.52. The summed E-state index contributed by atoms with van der Waals surface area (Å²) in [5.41, 5.74) is 2.34. The molecule has 0 aliphatic heterocycles. The first kappa shape index (κ1) is 14.0. The minimum atomic E-state index is -0.0509. The molecule has 5 heteroatoms. The molecule has 1 rings (SSSR count). The third-order valence-electron chi connectivity index (χ3n) is 3.02. The zero-order valence-electron chi connectivity index (χ0n) is 10.9. The number of nitrogens with zero attached hydrogens (tertiary/aromatic N) is 2. The number of amides is 1. The standard InChI is InChI=1S/C12H20ClN3O/c1-5-10(6-7-13)14-12(17)11-8(2)15-16(4)9(11)3/h10H,5-7H2,1-4H3,(H,14,17). The smallest absolute Gasteiger partial charge is 0.255 e. The quantitative estimate of drug-likeness (QED) is 0.822. The summed E-state index contributed by atoms with van der Waals surface area (Å²) >= 11 is 5.70. The van der Waals surface area contributed by atoms with Crippen LogP contribution in [0.3, 0.4) is 0 Å². The maximum atomic E-state index is 12.1. The van der Waals surface area contributed by atoms with Gasteiger partial charge < -0.3 is 5.32 Å². The molecule has 0 aliphatic rings. The molecular weight excluding hydrogens is 238 g/mol. The van der Waals surface area contributed by atoms with E-state index in [0.717, 1.165) is 24.2 Å². The maximum Gasteiger partial charge on any atom is 0.255 e. The number of hydrogen-bond donors (Lipinski definition) is 1. The largest absolute Gasteiger partial charge is 0.349 e. The summed E-state index contributed by atoms with van der Waals surface area (Å²) in [6.45, 7) is 5.79. The van der Waals surface area contributed by atoms with Crippen LogP contribution < -0.4 is 5.32 Å². The lowest BCUT2D eigenvalue weighted by molar-refractivity contribution is 0.0933. The van der Waals surface area contributed by atoms with E-state index in [9.17, 15) is 4.79 Å². The van der Waals surface area contributed by atoms with Crippen molar-refractivity contribution in [2.45, 2.75) is 39.7 Å². The Labute approximate surface area is 107 Å². The van der Waals surface area contributed by atoms with Gasteiger partial charge in [-0.25, -0.2) is 0 Å². The Hall–Kier alpha value is -1.03. The first-order valence-electron chi connectivity index (χ1n) is 5.88. The number of nitrogens with one attached hydrogen (secondary N) is 1. The maximum absolute atomic E-state index is 12.1. The second-order valence-corrected chi connectivity index (χ2v) is 4.60. The van der Waals surface area contributed by atoms with E-state index in [1.54, 1.807) is 4.68 Å². The summed E-state index contributed by atoms with van der Waals surface area (Å²) < 4.78 is 1.73. The van der Waals surface area contributed by atoms with Gasteiger partial charge in [0.2, 0.25) is 0 Å². The van der Waals surface area contributed by atoms with Crippen molar-refractivity contribution in [2.75, 3.05) is 5.88 Å². The molecule has 0 aliphatic carbocycles. The summed E-state index contributed by atoms with van der Waals surface area (Å²) in [6, 6.07) is 0.138. The highest BCUT2D eigenvalue weighted by Crippen LogP contribution is 2.12. The number of hydrogen-bond acceptors (Lipinski definition) is 2. The van der Waals surface area contributed by atoms with Gasteiger partial charge in [-0.2, -0.15) is 5.10 Å². The van der Waals surface area contributed by atoms with E-state index in [1.165, 1.54) is 0 Å². The molecule has 96 valence electrons. The number of rotatable bonds is 5. The zero-order chi connectivity index (χ0) is 13.0. The van der Waals surface area contributed by atoms with Crippen LogP contribution >= 0.6 is 11.6 Å². The normalized spacial score (nSPS) is 12.5. The monoisotopic (exact) mass is 257 g/mol. The molecule has 0 spiro atoms. The Morgan fingerprint density at radius 2 is 2.18 bits per heavy atom. The molecule has 4 nitrogen and oxygen atoms in total. The van der Waals surface area contributed by atoms with Crippen molar-refractivity contribution in [1.29, 1.82) is 0 Å². The van der Waals surface area contributed by atoms with Crippen molar-refractivity contribution in [3.05, 3.63) is 17.0 Å². The third-order valence-corrected chi connectivity index (χ3v) is 3.24. The van der Waals surface area contributed by atoms with E-state index in [2.05, 4.69) is 10.4 Å². The lowest BCUT2D eigenvalue weighted by atomic mass is 10.1. The highest BCUT2D eigenvalue weighted by molar-refractivity contribution is 6.17.